The molecule has 0 aliphatic carbocycles. The van der Waals surface area contributed by atoms with Crippen LogP contribution >= 0.6 is 0 Å². The van der Waals surface area contributed by atoms with Crippen molar-refractivity contribution in [1.29, 1.82) is 0 Å². The molecule has 3 N–H and O–H groups in total. The molecule has 0 aromatic heterocycles. The minimum atomic E-state index is -0.586. The maximum Gasteiger partial charge on any atom is 0.411 e. The number of amides is 3. The van der Waals surface area contributed by atoms with Crippen LogP contribution in [-0.4, -0.2) is 33.5 Å². The van der Waals surface area contributed by atoms with E-state index in [0.717, 1.165) is 5.56 Å². The van der Waals surface area contributed by atoms with E-state index in [4.69, 9.17) is 9.47 Å². The highest BCUT2D eigenvalue weighted by Gasteiger charge is 2.08. The van der Waals surface area contributed by atoms with Gasteiger partial charge in [-0.05, 0) is 36.4 Å². The normalized spacial score (nSPS) is 9.81. The summed E-state index contributed by atoms with van der Waals surface area (Å²) in [6, 6.07) is 11.6. The second-order valence-corrected chi connectivity index (χ2v) is 5.18. The van der Waals surface area contributed by atoms with Gasteiger partial charge in [0, 0.05) is 23.5 Å². The van der Waals surface area contributed by atoms with Crippen molar-refractivity contribution < 1.29 is 23.8 Å². The molecule has 3 amide bonds. The maximum absolute atomic E-state index is 12.1. The van der Waals surface area contributed by atoms with Gasteiger partial charge in [0.2, 0.25) is 0 Å². The molecule has 0 unspecified atom stereocenters. The average molecular weight is 359 g/mol. The summed E-state index contributed by atoms with van der Waals surface area (Å²) >= 11 is 0. The van der Waals surface area contributed by atoms with Crippen LogP contribution in [0.25, 0.3) is 0 Å². The highest BCUT2D eigenvalue weighted by Crippen LogP contribution is 2.23. The van der Waals surface area contributed by atoms with Crippen molar-refractivity contribution in [3.8, 4) is 11.5 Å². The van der Waals surface area contributed by atoms with Crippen LogP contribution in [0.3, 0.4) is 0 Å². The van der Waals surface area contributed by atoms with Gasteiger partial charge in [0.25, 0.3) is 0 Å². The summed E-state index contributed by atoms with van der Waals surface area (Å²) < 4.78 is 15.0. The van der Waals surface area contributed by atoms with E-state index in [1.165, 1.54) is 7.11 Å². The number of nitrogens with one attached hydrogen (secondary N) is 3. The lowest BCUT2D eigenvalue weighted by Crippen LogP contribution is -2.28. The summed E-state index contributed by atoms with van der Waals surface area (Å²) in [6.45, 7) is 0.256. The Hall–Kier alpha value is -3.42. The molecular weight excluding hydrogens is 338 g/mol. The van der Waals surface area contributed by atoms with Crippen LogP contribution in [0.15, 0.2) is 42.5 Å². The Morgan fingerprint density at radius 2 is 1.65 bits per heavy atom. The Morgan fingerprint density at radius 1 is 0.923 bits per heavy atom. The third-order valence-electron chi connectivity index (χ3n) is 3.48. The van der Waals surface area contributed by atoms with E-state index in [-0.39, 0.29) is 6.54 Å². The zero-order valence-electron chi connectivity index (χ0n) is 14.8. The number of hydrogen-bond acceptors (Lipinski definition) is 5. The van der Waals surface area contributed by atoms with Gasteiger partial charge >= 0.3 is 12.1 Å². The minimum absolute atomic E-state index is 0.256. The number of hydrogen-bond donors (Lipinski definition) is 3. The summed E-state index contributed by atoms with van der Waals surface area (Å²) in [4.78, 5) is 23.4. The van der Waals surface area contributed by atoms with Gasteiger partial charge in [0.1, 0.15) is 11.5 Å². The monoisotopic (exact) mass is 359 g/mol. The molecule has 0 aliphatic rings. The van der Waals surface area contributed by atoms with Gasteiger partial charge in [0.15, 0.2) is 0 Å². The number of ether oxygens (including phenoxy) is 3. The number of rotatable bonds is 6. The van der Waals surface area contributed by atoms with Crippen LogP contribution in [-0.2, 0) is 11.3 Å². The SMILES string of the molecule is COC(=O)Nc1cccc(NC(=O)NCc2cc(OC)ccc2OC)c1. The molecule has 2 rings (SSSR count). The first kappa shape index (κ1) is 18.9. The summed E-state index contributed by atoms with van der Waals surface area (Å²) in [7, 11) is 4.41. The van der Waals surface area contributed by atoms with Gasteiger partial charge in [-0.2, -0.15) is 0 Å². The topological polar surface area (TPSA) is 97.9 Å². The van der Waals surface area contributed by atoms with Crippen LogP contribution < -0.4 is 25.4 Å². The van der Waals surface area contributed by atoms with Crippen molar-refractivity contribution in [2.75, 3.05) is 32.0 Å². The molecule has 2 aromatic rings. The quantitative estimate of drug-likeness (QED) is 0.736. The lowest BCUT2D eigenvalue weighted by molar-refractivity contribution is 0.187. The van der Waals surface area contributed by atoms with Crippen molar-refractivity contribution in [2.45, 2.75) is 6.54 Å². The summed E-state index contributed by atoms with van der Waals surface area (Å²) in [5.41, 5.74) is 1.81. The van der Waals surface area contributed by atoms with Crippen LogP contribution in [0.1, 0.15) is 5.56 Å². The predicted octanol–water partition coefficient (Wildman–Crippen LogP) is 3.20. The standard InChI is InChI=1S/C18H21N3O5/c1-24-15-7-8-16(25-2)12(9-15)11-19-17(22)20-13-5-4-6-14(10-13)21-18(23)26-3/h4-10H,11H2,1-3H3,(H,21,23)(H2,19,20,22). The van der Waals surface area contributed by atoms with E-state index >= 15 is 0 Å². The molecule has 26 heavy (non-hydrogen) atoms. The molecular formula is C18H21N3O5. The lowest BCUT2D eigenvalue weighted by Gasteiger charge is -2.12. The van der Waals surface area contributed by atoms with E-state index in [2.05, 4.69) is 20.7 Å². The molecule has 0 atom stereocenters. The Bertz CT molecular complexity index is 779. The van der Waals surface area contributed by atoms with E-state index in [9.17, 15) is 9.59 Å². The molecule has 0 bridgehead atoms. The number of anilines is 2. The predicted molar refractivity (Wildman–Crippen MR) is 97.9 cm³/mol. The minimum Gasteiger partial charge on any atom is -0.497 e. The number of carbonyl (C=O) groups is 2. The molecule has 0 fully saturated rings. The fraction of sp³-hybridized carbons (Fsp3) is 0.222. The second-order valence-electron chi connectivity index (χ2n) is 5.18. The van der Waals surface area contributed by atoms with E-state index in [1.54, 1.807) is 56.7 Å². The fourth-order valence-electron chi connectivity index (χ4n) is 2.21. The van der Waals surface area contributed by atoms with Gasteiger partial charge in [-0.15, -0.1) is 0 Å². The number of urea groups is 1. The first-order chi connectivity index (χ1) is 12.5. The van der Waals surface area contributed by atoms with E-state index < -0.39 is 12.1 Å². The Labute approximate surface area is 151 Å². The average Bonchev–Trinajstić information content (AvgIpc) is 2.66. The molecule has 0 saturated heterocycles. The molecule has 0 saturated carbocycles. The van der Waals surface area contributed by atoms with E-state index in [1.807, 2.05) is 0 Å². The number of carbonyl (C=O) groups excluding carboxylic acids is 2. The van der Waals surface area contributed by atoms with Crippen LogP contribution in [0, 0.1) is 0 Å². The highest BCUT2D eigenvalue weighted by molar-refractivity contribution is 5.91. The van der Waals surface area contributed by atoms with Crippen LogP contribution in [0.5, 0.6) is 11.5 Å². The van der Waals surface area contributed by atoms with Gasteiger partial charge in [-0.1, -0.05) is 6.07 Å². The summed E-state index contributed by atoms with van der Waals surface area (Å²) in [6.07, 6.45) is -0.586. The Balaban J connectivity index is 1.97. The zero-order valence-corrected chi connectivity index (χ0v) is 14.8. The first-order valence-electron chi connectivity index (χ1n) is 7.76. The van der Waals surface area contributed by atoms with Gasteiger partial charge in [-0.25, -0.2) is 9.59 Å². The third-order valence-corrected chi connectivity index (χ3v) is 3.48. The molecule has 0 heterocycles. The second kappa shape index (κ2) is 9.16. The molecule has 8 heteroatoms. The van der Waals surface area contributed by atoms with Crippen molar-refractivity contribution >= 4 is 23.5 Å². The molecule has 138 valence electrons. The number of benzene rings is 2. The highest BCUT2D eigenvalue weighted by atomic mass is 16.5. The molecule has 8 nitrogen and oxygen atoms in total. The van der Waals surface area contributed by atoms with Crippen LogP contribution in [0.2, 0.25) is 0 Å². The third kappa shape index (κ3) is 5.30. The van der Waals surface area contributed by atoms with Crippen LogP contribution in [0.4, 0.5) is 21.0 Å². The molecule has 2 aromatic carbocycles. The van der Waals surface area contributed by atoms with Gasteiger partial charge in [-0.3, -0.25) is 5.32 Å². The van der Waals surface area contributed by atoms with Crippen molar-refractivity contribution in [2.24, 2.45) is 0 Å². The Kier molecular flexibility index (Phi) is 6.67. The van der Waals surface area contributed by atoms with Crippen molar-refractivity contribution in [3.63, 3.8) is 0 Å². The zero-order chi connectivity index (χ0) is 18.9. The maximum atomic E-state index is 12.1. The summed E-state index contributed by atoms with van der Waals surface area (Å²) in [5.74, 6) is 1.32. The molecule has 0 spiro atoms. The van der Waals surface area contributed by atoms with Gasteiger partial charge in [0.05, 0.1) is 21.3 Å². The fourth-order valence-corrected chi connectivity index (χ4v) is 2.21. The summed E-state index contributed by atoms with van der Waals surface area (Å²) in [5, 5.41) is 7.97. The smallest absolute Gasteiger partial charge is 0.411 e. The number of methoxy groups -OCH3 is 3. The molecule has 0 aliphatic heterocycles. The van der Waals surface area contributed by atoms with Crippen molar-refractivity contribution in [3.05, 3.63) is 48.0 Å². The Morgan fingerprint density at radius 3 is 2.31 bits per heavy atom. The molecule has 0 radical (unpaired) electrons. The first-order valence-corrected chi connectivity index (χ1v) is 7.76. The van der Waals surface area contributed by atoms with Crippen molar-refractivity contribution in [1.82, 2.24) is 5.32 Å². The largest absolute Gasteiger partial charge is 0.497 e. The van der Waals surface area contributed by atoms with Gasteiger partial charge < -0.3 is 24.8 Å². The van der Waals surface area contributed by atoms with E-state index in [0.29, 0.717) is 22.9 Å². The lowest BCUT2D eigenvalue weighted by atomic mass is 10.2.